The van der Waals surface area contributed by atoms with Gasteiger partial charge in [0.25, 0.3) is 0 Å². The molecule has 1 aromatic carbocycles. The normalized spacial score (nSPS) is 10.7. The number of nitriles is 1. The number of hydrogen-bond donors (Lipinski definition) is 1. The van der Waals surface area contributed by atoms with Crippen molar-refractivity contribution in [3.63, 3.8) is 0 Å². The molecule has 5 nitrogen and oxygen atoms in total. The Labute approximate surface area is 98.9 Å². The highest BCUT2D eigenvalue weighted by Gasteiger charge is 2.05. The zero-order chi connectivity index (χ0) is 12.7. The van der Waals surface area contributed by atoms with Gasteiger partial charge in [0.2, 0.25) is 0 Å². The van der Waals surface area contributed by atoms with Crippen molar-refractivity contribution in [2.45, 2.75) is 13.3 Å². The van der Waals surface area contributed by atoms with Crippen LogP contribution >= 0.6 is 0 Å². The van der Waals surface area contributed by atoms with Gasteiger partial charge in [0.15, 0.2) is 0 Å². The number of esters is 1. The highest BCUT2D eigenvalue weighted by atomic mass is 16.5. The fourth-order valence-electron chi connectivity index (χ4n) is 1.23. The summed E-state index contributed by atoms with van der Waals surface area (Å²) in [7, 11) is 0. The van der Waals surface area contributed by atoms with E-state index >= 15 is 0 Å². The molecule has 17 heavy (non-hydrogen) atoms. The van der Waals surface area contributed by atoms with E-state index in [1.54, 1.807) is 24.3 Å². The molecule has 0 saturated carbocycles. The SMILES string of the molecule is CC(=O)OC/C(Cc1ccc(C#N)cc1)=N/O. The van der Waals surface area contributed by atoms with Crippen LogP contribution in [0.15, 0.2) is 29.4 Å². The molecule has 0 fully saturated rings. The third kappa shape index (κ3) is 4.34. The van der Waals surface area contributed by atoms with Crippen LogP contribution in [0.5, 0.6) is 0 Å². The molecule has 0 aromatic heterocycles. The highest BCUT2D eigenvalue weighted by Crippen LogP contribution is 2.05. The van der Waals surface area contributed by atoms with Crippen LogP contribution in [0, 0.1) is 11.3 Å². The maximum absolute atomic E-state index is 10.6. The van der Waals surface area contributed by atoms with Crippen molar-refractivity contribution in [3.05, 3.63) is 35.4 Å². The van der Waals surface area contributed by atoms with E-state index in [2.05, 4.69) is 5.16 Å². The standard InChI is InChI=1S/C12H12N2O3/c1-9(15)17-8-12(14-16)6-10-2-4-11(7-13)5-3-10/h2-5,16H,6,8H2,1H3/b14-12+. The van der Waals surface area contributed by atoms with Crippen molar-refractivity contribution < 1.29 is 14.7 Å². The average Bonchev–Trinajstić information content (AvgIpc) is 2.35. The van der Waals surface area contributed by atoms with Crippen molar-refractivity contribution in [1.29, 1.82) is 5.26 Å². The second-order valence-corrected chi connectivity index (χ2v) is 3.43. The molecule has 0 amide bonds. The van der Waals surface area contributed by atoms with Gasteiger partial charge in [0.1, 0.15) is 6.61 Å². The molecular formula is C12H12N2O3. The molecular weight excluding hydrogens is 220 g/mol. The van der Waals surface area contributed by atoms with E-state index in [0.29, 0.717) is 17.7 Å². The topological polar surface area (TPSA) is 82.7 Å². The van der Waals surface area contributed by atoms with Crippen LogP contribution in [0.3, 0.4) is 0 Å². The minimum Gasteiger partial charge on any atom is -0.460 e. The molecule has 0 atom stereocenters. The van der Waals surface area contributed by atoms with Gasteiger partial charge in [0.05, 0.1) is 17.3 Å². The molecule has 0 heterocycles. The highest BCUT2D eigenvalue weighted by molar-refractivity contribution is 5.88. The number of nitrogens with zero attached hydrogens (tertiary/aromatic N) is 2. The zero-order valence-corrected chi connectivity index (χ0v) is 9.38. The molecule has 0 radical (unpaired) electrons. The summed E-state index contributed by atoms with van der Waals surface area (Å²) in [6.07, 6.45) is 0.371. The number of hydrogen-bond acceptors (Lipinski definition) is 5. The van der Waals surface area contributed by atoms with Crippen LogP contribution in [-0.4, -0.2) is 23.5 Å². The van der Waals surface area contributed by atoms with Gasteiger partial charge >= 0.3 is 5.97 Å². The average molecular weight is 232 g/mol. The predicted molar refractivity (Wildman–Crippen MR) is 60.7 cm³/mol. The Kier molecular flexibility index (Phi) is 4.70. The molecule has 5 heteroatoms. The molecule has 0 aliphatic carbocycles. The predicted octanol–water partition coefficient (Wildman–Crippen LogP) is 1.49. The van der Waals surface area contributed by atoms with E-state index in [1.807, 2.05) is 6.07 Å². The molecule has 1 N–H and O–H groups in total. The molecule has 0 aliphatic heterocycles. The van der Waals surface area contributed by atoms with Crippen LogP contribution < -0.4 is 0 Å². The van der Waals surface area contributed by atoms with Crippen LogP contribution in [0.1, 0.15) is 18.1 Å². The first-order chi connectivity index (χ1) is 8.15. The van der Waals surface area contributed by atoms with Crippen LogP contribution in [-0.2, 0) is 16.0 Å². The van der Waals surface area contributed by atoms with Gasteiger partial charge in [-0.3, -0.25) is 4.79 Å². The smallest absolute Gasteiger partial charge is 0.303 e. The number of rotatable bonds is 4. The van der Waals surface area contributed by atoms with Crippen molar-refractivity contribution >= 4 is 11.7 Å². The van der Waals surface area contributed by atoms with Gasteiger partial charge in [-0.2, -0.15) is 5.26 Å². The van der Waals surface area contributed by atoms with E-state index < -0.39 is 5.97 Å². The van der Waals surface area contributed by atoms with E-state index in [1.165, 1.54) is 6.92 Å². The summed E-state index contributed by atoms with van der Waals surface area (Å²) >= 11 is 0. The van der Waals surface area contributed by atoms with Crippen LogP contribution in [0.4, 0.5) is 0 Å². The van der Waals surface area contributed by atoms with E-state index in [0.717, 1.165) is 5.56 Å². The van der Waals surface area contributed by atoms with Gasteiger partial charge in [0, 0.05) is 13.3 Å². The Morgan fingerprint density at radius 1 is 1.47 bits per heavy atom. The molecule has 1 rings (SSSR count). The first kappa shape index (κ1) is 12.7. The van der Waals surface area contributed by atoms with E-state index in [9.17, 15) is 4.79 Å². The lowest BCUT2D eigenvalue weighted by Crippen LogP contribution is -2.14. The number of benzene rings is 1. The summed E-state index contributed by atoms with van der Waals surface area (Å²) in [6, 6.07) is 8.89. The van der Waals surface area contributed by atoms with Crippen molar-refractivity contribution in [2.75, 3.05) is 6.61 Å². The molecule has 0 saturated heterocycles. The Balaban J connectivity index is 2.62. The first-order valence-electron chi connectivity index (χ1n) is 4.98. The Morgan fingerprint density at radius 2 is 2.12 bits per heavy atom. The Bertz CT molecular complexity index is 458. The summed E-state index contributed by atoms with van der Waals surface area (Å²) < 4.78 is 4.73. The van der Waals surface area contributed by atoms with E-state index in [4.69, 9.17) is 15.2 Å². The van der Waals surface area contributed by atoms with Crippen molar-refractivity contribution in [2.24, 2.45) is 5.16 Å². The van der Waals surface area contributed by atoms with Crippen molar-refractivity contribution in [1.82, 2.24) is 0 Å². The number of oxime groups is 1. The maximum Gasteiger partial charge on any atom is 0.303 e. The minimum atomic E-state index is -0.425. The van der Waals surface area contributed by atoms with Gasteiger partial charge in [-0.25, -0.2) is 0 Å². The van der Waals surface area contributed by atoms with Gasteiger partial charge < -0.3 is 9.94 Å². The number of carbonyl (C=O) groups is 1. The summed E-state index contributed by atoms with van der Waals surface area (Å²) in [5.74, 6) is -0.425. The largest absolute Gasteiger partial charge is 0.460 e. The lowest BCUT2D eigenvalue weighted by Gasteiger charge is -2.05. The first-order valence-corrected chi connectivity index (χ1v) is 4.98. The second-order valence-electron chi connectivity index (χ2n) is 3.43. The minimum absolute atomic E-state index is 0.0359. The van der Waals surface area contributed by atoms with Gasteiger partial charge in [-0.05, 0) is 17.7 Å². The second kappa shape index (κ2) is 6.28. The molecule has 0 aliphatic rings. The van der Waals surface area contributed by atoms with Crippen LogP contribution in [0.2, 0.25) is 0 Å². The fourth-order valence-corrected chi connectivity index (χ4v) is 1.23. The summed E-state index contributed by atoms with van der Waals surface area (Å²) in [6.45, 7) is 1.25. The third-order valence-electron chi connectivity index (χ3n) is 2.07. The molecule has 0 unspecified atom stereocenters. The molecule has 0 bridgehead atoms. The summed E-state index contributed by atoms with van der Waals surface area (Å²) in [4.78, 5) is 10.6. The zero-order valence-electron chi connectivity index (χ0n) is 9.38. The van der Waals surface area contributed by atoms with Crippen molar-refractivity contribution in [3.8, 4) is 6.07 Å². The van der Waals surface area contributed by atoms with Crippen LogP contribution in [0.25, 0.3) is 0 Å². The fraction of sp³-hybridized carbons (Fsp3) is 0.250. The van der Waals surface area contributed by atoms with Gasteiger partial charge in [-0.1, -0.05) is 17.3 Å². The number of ether oxygens (including phenoxy) is 1. The Hall–Kier alpha value is -2.35. The molecule has 0 spiro atoms. The molecule has 88 valence electrons. The molecule has 1 aromatic rings. The monoisotopic (exact) mass is 232 g/mol. The lowest BCUT2D eigenvalue weighted by molar-refractivity contribution is -0.139. The summed E-state index contributed by atoms with van der Waals surface area (Å²) in [5.41, 5.74) is 1.80. The third-order valence-corrected chi connectivity index (χ3v) is 2.07. The van der Waals surface area contributed by atoms with Gasteiger partial charge in [-0.15, -0.1) is 0 Å². The quantitative estimate of drug-likeness (QED) is 0.369. The van der Waals surface area contributed by atoms with E-state index in [-0.39, 0.29) is 6.61 Å². The Morgan fingerprint density at radius 3 is 2.59 bits per heavy atom. The maximum atomic E-state index is 10.6. The number of carbonyl (C=O) groups excluding carboxylic acids is 1. The lowest BCUT2D eigenvalue weighted by atomic mass is 10.1. The summed E-state index contributed by atoms with van der Waals surface area (Å²) in [5, 5.41) is 20.4.